The van der Waals surface area contributed by atoms with Crippen LogP contribution in [0.2, 0.25) is 0 Å². The van der Waals surface area contributed by atoms with E-state index in [-0.39, 0.29) is 42.6 Å². The van der Waals surface area contributed by atoms with E-state index in [0.717, 1.165) is 16.6 Å². The fourth-order valence-corrected chi connectivity index (χ4v) is 4.50. The van der Waals surface area contributed by atoms with Gasteiger partial charge in [-0.2, -0.15) is 0 Å². The molecule has 2 saturated heterocycles. The molecular formula is C22H28BrN3O5. The first-order chi connectivity index (χ1) is 14.8. The molecule has 0 bridgehead atoms. The quantitative estimate of drug-likeness (QED) is 0.566. The van der Waals surface area contributed by atoms with E-state index in [9.17, 15) is 19.2 Å². The van der Waals surface area contributed by atoms with Crippen LogP contribution in [0.25, 0.3) is 0 Å². The molecule has 8 nitrogen and oxygen atoms in total. The Hall–Kier alpha value is -2.42. The predicted molar refractivity (Wildman–Crippen MR) is 118 cm³/mol. The highest BCUT2D eigenvalue weighted by molar-refractivity contribution is 9.10. The fraction of sp³-hybridized carbons (Fsp3) is 0.545. The number of hydrogen-bond acceptors (Lipinski definition) is 5. The highest BCUT2D eigenvalue weighted by Crippen LogP contribution is 2.28. The first kappa shape index (κ1) is 23.2. The molecule has 2 aliphatic heterocycles. The lowest BCUT2D eigenvalue weighted by atomic mass is 9.98. The van der Waals surface area contributed by atoms with Crippen molar-refractivity contribution in [3.8, 4) is 0 Å². The molecule has 168 valence electrons. The highest BCUT2D eigenvalue weighted by Gasteiger charge is 2.37. The third-order valence-corrected chi connectivity index (χ3v) is 6.23. The van der Waals surface area contributed by atoms with Crippen molar-refractivity contribution in [1.82, 2.24) is 9.80 Å². The summed E-state index contributed by atoms with van der Waals surface area (Å²) >= 11 is 3.40. The second-order valence-electron chi connectivity index (χ2n) is 8.01. The fourth-order valence-electron chi connectivity index (χ4n) is 4.12. The van der Waals surface area contributed by atoms with Gasteiger partial charge in [-0.25, -0.2) is 0 Å². The predicted octanol–water partition coefficient (Wildman–Crippen LogP) is 2.06. The van der Waals surface area contributed by atoms with Gasteiger partial charge in [0.25, 0.3) is 0 Å². The normalized spacial score (nSPS) is 21.2. The number of piperidine rings is 1. The van der Waals surface area contributed by atoms with Crippen molar-refractivity contribution in [2.75, 3.05) is 44.7 Å². The van der Waals surface area contributed by atoms with Gasteiger partial charge in [0, 0.05) is 43.3 Å². The Kier molecular flexibility index (Phi) is 7.69. The Balaban J connectivity index is 1.56. The maximum absolute atomic E-state index is 12.9. The number of likely N-dealkylation sites (tertiary alicyclic amines) is 1. The molecule has 0 spiro atoms. The molecule has 3 rings (SSSR count). The van der Waals surface area contributed by atoms with Crippen LogP contribution in [0.1, 0.15) is 26.2 Å². The molecule has 0 radical (unpaired) electrons. The van der Waals surface area contributed by atoms with E-state index in [0.29, 0.717) is 32.7 Å². The number of hydrogen-bond donors (Lipinski definition) is 0. The van der Waals surface area contributed by atoms with Crippen molar-refractivity contribution in [1.29, 1.82) is 0 Å². The minimum atomic E-state index is -0.488. The zero-order chi connectivity index (χ0) is 22.5. The van der Waals surface area contributed by atoms with Crippen molar-refractivity contribution in [2.24, 2.45) is 11.8 Å². The number of carbonyl (C=O) groups is 4. The SMILES string of the molecule is CCOC(=O)C1CCCN(C(=O)CN(C)C(=O)C2CC(=O)N(c3cccc(Br)c3)C2)C1. The van der Waals surface area contributed by atoms with Gasteiger partial charge in [0.05, 0.1) is 25.0 Å². The van der Waals surface area contributed by atoms with E-state index in [1.165, 1.54) is 4.90 Å². The Morgan fingerprint density at radius 3 is 2.71 bits per heavy atom. The average molecular weight is 494 g/mol. The lowest BCUT2D eigenvalue weighted by Crippen LogP contribution is -2.48. The van der Waals surface area contributed by atoms with Crippen LogP contribution in [-0.4, -0.2) is 73.3 Å². The molecule has 3 amide bonds. The van der Waals surface area contributed by atoms with Gasteiger partial charge in [-0.15, -0.1) is 0 Å². The van der Waals surface area contributed by atoms with Gasteiger partial charge < -0.3 is 19.4 Å². The van der Waals surface area contributed by atoms with Gasteiger partial charge in [-0.1, -0.05) is 22.0 Å². The minimum Gasteiger partial charge on any atom is -0.466 e. The van der Waals surface area contributed by atoms with E-state index in [2.05, 4.69) is 15.9 Å². The summed E-state index contributed by atoms with van der Waals surface area (Å²) in [6, 6.07) is 7.39. The molecule has 0 aromatic heterocycles. The second-order valence-corrected chi connectivity index (χ2v) is 8.93. The van der Waals surface area contributed by atoms with Gasteiger partial charge in [-0.05, 0) is 38.0 Å². The second kappa shape index (κ2) is 10.3. The topological polar surface area (TPSA) is 87.2 Å². The van der Waals surface area contributed by atoms with Crippen molar-refractivity contribution in [2.45, 2.75) is 26.2 Å². The van der Waals surface area contributed by atoms with Crippen LogP contribution in [0.4, 0.5) is 5.69 Å². The van der Waals surface area contributed by atoms with E-state index < -0.39 is 5.92 Å². The van der Waals surface area contributed by atoms with Crippen molar-refractivity contribution in [3.63, 3.8) is 0 Å². The Morgan fingerprint density at radius 2 is 2.00 bits per heavy atom. The summed E-state index contributed by atoms with van der Waals surface area (Å²) in [6.45, 7) is 3.18. The number of esters is 1. The molecule has 2 aliphatic rings. The number of anilines is 1. The van der Waals surface area contributed by atoms with Gasteiger partial charge in [0.15, 0.2) is 0 Å². The molecule has 2 fully saturated rings. The minimum absolute atomic E-state index is 0.0735. The van der Waals surface area contributed by atoms with Crippen LogP contribution in [0.3, 0.4) is 0 Å². The Morgan fingerprint density at radius 1 is 1.23 bits per heavy atom. The van der Waals surface area contributed by atoms with Crippen LogP contribution in [0.5, 0.6) is 0 Å². The maximum Gasteiger partial charge on any atom is 0.310 e. The number of likely N-dealkylation sites (N-methyl/N-ethyl adjacent to an activating group) is 1. The van der Waals surface area contributed by atoms with E-state index in [4.69, 9.17) is 4.74 Å². The smallest absolute Gasteiger partial charge is 0.310 e. The Labute approximate surface area is 190 Å². The molecule has 1 aromatic carbocycles. The Bertz CT molecular complexity index is 861. The lowest BCUT2D eigenvalue weighted by Gasteiger charge is -2.33. The third kappa shape index (κ3) is 5.64. The van der Waals surface area contributed by atoms with Crippen LogP contribution in [-0.2, 0) is 23.9 Å². The summed E-state index contributed by atoms with van der Waals surface area (Å²) in [5, 5.41) is 0. The van der Waals surface area contributed by atoms with Gasteiger partial charge >= 0.3 is 5.97 Å². The molecule has 2 heterocycles. The zero-order valence-electron chi connectivity index (χ0n) is 17.9. The van der Waals surface area contributed by atoms with E-state index in [1.807, 2.05) is 24.3 Å². The maximum atomic E-state index is 12.9. The average Bonchev–Trinajstić information content (AvgIpc) is 3.15. The third-order valence-electron chi connectivity index (χ3n) is 5.74. The summed E-state index contributed by atoms with van der Waals surface area (Å²) in [5.41, 5.74) is 0.742. The van der Waals surface area contributed by atoms with Crippen LogP contribution < -0.4 is 4.90 Å². The standard InChI is InChI=1S/C22H28BrN3O5/c1-3-31-22(30)15-6-5-9-25(12-15)20(28)14-24(2)21(29)16-10-19(27)26(13-16)18-8-4-7-17(23)11-18/h4,7-8,11,15-16H,3,5-6,9-10,12-14H2,1-2H3. The molecule has 0 saturated carbocycles. The highest BCUT2D eigenvalue weighted by atomic mass is 79.9. The molecule has 2 unspecified atom stereocenters. The van der Waals surface area contributed by atoms with Gasteiger partial charge in [0.1, 0.15) is 0 Å². The summed E-state index contributed by atoms with van der Waals surface area (Å²) in [5.74, 6) is -1.61. The summed E-state index contributed by atoms with van der Waals surface area (Å²) in [6.07, 6.45) is 1.55. The lowest BCUT2D eigenvalue weighted by molar-refractivity contribution is -0.152. The molecule has 1 aromatic rings. The van der Waals surface area contributed by atoms with Gasteiger partial charge in [0.2, 0.25) is 17.7 Å². The first-order valence-corrected chi connectivity index (χ1v) is 11.3. The van der Waals surface area contributed by atoms with E-state index >= 15 is 0 Å². The van der Waals surface area contributed by atoms with Crippen molar-refractivity contribution < 1.29 is 23.9 Å². The van der Waals surface area contributed by atoms with Crippen LogP contribution >= 0.6 is 15.9 Å². The number of rotatable bonds is 6. The molecule has 0 N–H and O–H groups in total. The van der Waals surface area contributed by atoms with Crippen molar-refractivity contribution >= 4 is 45.3 Å². The molecule has 0 aliphatic carbocycles. The number of halogens is 1. The molecule has 9 heteroatoms. The molecular weight excluding hydrogens is 466 g/mol. The van der Waals surface area contributed by atoms with Crippen LogP contribution in [0.15, 0.2) is 28.7 Å². The zero-order valence-corrected chi connectivity index (χ0v) is 19.5. The monoisotopic (exact) mass is 493 g/mol. The summed E-state index contributed by atoms with van der Waals surface area (Å²) in [7, 11) is 1.58. The largest absolute Gasteiger partial charge is 0.466 e. The molecule has 31 heavy (non-hydrogen) atoms. The summed E-state index contributed by atoms with van der Waals surface area (Å²) in [4.78, 5) is 54.7. The number of ether oxygens (including phenoxy) is 1. The number of carbonyl (C=O) groups excluding carboxylic acids is 4. The molecule has 2 atom stereocenters. The first-order valence-electron chi connectivity index (χ1n) is 10.6. The van der Waals surface area contributed by atoms with E-state index in [1.54, 1.807) is 23.8 Å². The number of amides is 3. The van der Waals surface area contributed by atoms with Crippen LogP contribution in [0, 0.1) is 11.8 Å². The van der Waals surface area contributed by atoms with Crippen molar-refractivity contribution in [3.05, 3.63) is 28.7 Å². The summed E-state index contributed by atoms with van der Waals surface area (Å²) < 4.78 is 5.94. The number of nitrogens with zero attached hydrogens (tertiary/aromatic N) is 3. The van der Waals surface area contributed by atoms with Gasteiger partial charge in [-0.3, -0.25) is 19.2 Å². The number of benzene rings is 1.